The Morgan fingerprint density at radius 3 is 2.95 bits per heavy atom. The monoisotopic (exact) mass is 306 g/mol. The minimum Gasteiger partial charge on any atom is -0.317 e. The molecule has 0 aliphatic carbocycles. The van der Waals surface area contributed by atoms with E-state index < -0.39 is 0 Å². The normalized spacial score (nSPS) is 19.9. The summed E-state index contributed by atoms with van der Waals surface area (Å²) in [6.07, 6.45) is 3.48. The van der Waals surface area contributed by atoms with Gasteiger partial charge in [-0.05, 0) is 57.6 Å². The molecular weight excluding hydrogens is 286 g/mol. The van der Waals surface area contributed by atoms with E-state index in [0.29, 0.717) is 23.2 Å². The molecular formula is C14H21Cl2FN2. The Labute approximate surface area is 125 Å². The fourth-order valence-corrected chi connectivity index (χ4v) is 2.70. The van der Waals surface area contributed by atoms with E-state index in [1.165, 1.54) is 18.9 Å². The van der Waals surface area contributed by atoms with Crippen LogP contribution in [0.2, 0.25) is 5.02 Å². The number of halogens is 3. The molecule has 1 aromatic rings. The molecule has 1 aliphatic rings. The zero-order valence-electron chi connectivity index (χ0n) is 11.2. The summed E-state index contributed by atoms with van der Waals surface area (Å²) >= 11 is 5.92. The topological polar surface area (TPSA) is 15.3 Å². The van der Waals surface area contributed by atoms with Gasteiger partial charge in [0.25, 0.3) is 0 Å². The smallest absolute Gasteiger partial charge is 0.127 e. The summed E-state index contributed by atoms with van der Waals surface area (Å²) in [6, 6.07) is 5.29. The van der Waals surface area contributed by atoms with Gasteiger partial charge in [-0.25, -0.2) is 4.39 Å². The SMILES string of the molecule is CN(Cc1cc(Cl)ccc1F)C1CCCNCC1.Cl. The molecule has 1 aromatic carbocycles. The van der Waals surface area contributed by atoms with Crippen molar-refractivity contribution in [1.29, 1.82) is 0 Å². The Hall–Kier alpha value is -0.350. The zero-order valence-corrected chi connectivity index (χ0v) is 12.7. The molecule has 2 rings (SSSR count). The van der Waals surface area contributed by atoms with Crippen molar-refractivity contribution in [3.05, 3.63) is 34.6 Å². The third-order valence-electron chi connectivity index (χ3n) is 3.60. The molecule has 1 heterocycles. The molecule has 1 unspecified atom stereocenters. The first kappa shape index (κ1) is 16.7. The van der Waals surface area contributed by atoms with Crippen LogP contribution in [-0.2, 0) is 6.54 Å². The molecule has 1 saturated heterocycles. The number of rotatable bonds is 3. The van der Waals surface area contributed by atoms with Crippen LogP contribution in [0.4, 0.5) is 4.39 Å². The summed E-state index contributed by atoms with van der Waals surface area (Å²) in [4.78, 5) is 2.24. The lowest BCUT2D eigenvalue weighted by atomic mass is 10.1. The first-order valence-electron chi connectivity index (χ1n) is 6.51. The average molecular weight is 307 g/mol. The predicted molar refractivity (Wildman–Crippen MR) is 80.6 cm³/mol. The third-order valence-corrected chi connectivity index (χ3v) is 3.83. The van der Waals surface area contributed by atoms with Crippen molar-refractivity contribution in [1.82, 2.24) is 10.2 Å². The molecule has 0 radical (unpaired) electrons. The second-order valence-electron chi connectivity index (χ2n) is 4.99. The third kappa shape index (κ3) is 4.92. The summed E-state index contributed by atoms with van der Waals surface area (Å²) in [5.41, 5.74) is 0.683. The van der Waals surface area contributed by atoms with E-state index in [1.54, 1.807) is 12.1 Å². The van der Waals surface area contributed by atoms with Crippen molar-refractivity contribution in [2.24, 2.45) is 0 Å². The van der Waals surface area contributed by atoms with E-state index in [0.717, 1.165) is 19.5 Å². The Balaban J connectivity index is 0.00000180. The molecule has 5 heteroatoms. The highest BCUT2D eigenvalue weighted by atomic mass is 35.5. The van der Waals surface area contributed by atoms with Gasteiger partial charge in [0, 0.05) is 23.2 Å². The molecule has 0 amide bonds. The second kappa shape index (κ2) is 8.05. The summed E-state index contributed by atoms with van der Waals surface area (Å²) < 4.78 is 13.7. The molecule has 0 spiro atoms. The van der Waals surface area contributed by atoms with Gasteiger partial charge in [-0.15, -0.1) is 12.4 Å². The van der Waals surface area contributed by atoms with Gasteiger partial charge in [0.05, 0.1) is 0 Å². The molecule has 0 bridgehead atoms. The van der Waals surface area contributed by atoms with Crippen LogP contribution in [0.5, 0.6) is 0 Å². The maximum atomic E-state index is 13.7. The van der Waals surface area contributed by atoms with Crippen molar-refractivity contribution < 1.29 is 4.39 Å². The van der Waals surface area contributed by atoms with Crippen LogP contribution in [0.15, 0.2) is 18.2 Å². The highest BCUT2D eigenvalue weighted by molar-refractivity contribution is 6.30. The van der Waals surface area contributed by atoms with Crippen LogP contribution in [0.1, 0.15) is 24.8 Å². The number of nitrogens with zero attached hydrogens (tertiary/aromatic N) is 1. The summed E-state index contributed by atoms with van der Waals surface area (Å²) in [7, 11) is 2.07. The minimum absolute atomic E-state index is 0. The van der Waals surface area contributed by atoms with Crippen LogP contribution in [-0.4, -0.2) is 31.1 Å². The van der Waals surface area contributed by atoms with Crippen molar-refractivity contribution in [3.63, 3.8) is 0 Å². The Bertz CT molecular complexity index is 393. The molecule has 1 aliphatic heterocycles. The molecule has 1 atom stereocenters. The highest BCUT2D eigenvalue weighted by Gasteiger charge is 2.17. The molecule has 0 aromatic heterocycles. The van der Waals surface area contributed by atoms with E-state index in [2.05, 4.69) is 17.3 Å². The van der Waals surface area contributed by atoms with Gasteiger partial charge in [-0.2, -0.15) is 0 Å². The molecule has 19 heavy (non-hydrogen) atoms. The maximum absolute atomic E-state index is 13.7. The van der Waals surface area contributed by atoms with Gasteiger partial charge in [-0.3, -0.25) is 4.90 Å². The maximum Gasteiger partial charge on any atom is 0.127 e. The lowest BCUT2D eigenvalue weighted by Gasteiger charge is -2.27. The van der Waals surface area contributed by atoms with Crippen LogP contribution in [0.3, 0.4) is 0 Å². The van der Waals surface area contributed by atoms with Crippen LogP contribution in [0.25, 0.3) is 0 Å². The van der Waals surface area contributed by atoms with Gasteiger partial charge < -0.3 is 5.32 Å². The van der Waals surface area contributed by atoms with Crippen molar-refractivity contribution in [2.45, 2.75) is 31.8 Å². The summed E-state index contributed by atoms with van der Waals surface area (Å²) in [5.74, 6) is -0.169. The zero-order chi connectivity index (χ0) is 13.0. The predicted octanol–water partition coefficient (Wildman–Crippen LogP) is 3.47. The fraction of sp³-hybridized carbons (Fsp3) is 0.571. The van der Waals surface area contributed by atoms with Crippen molar-refractivity contribution in [3.8, 4) is 0 Å². The van der Waals surface area contributed by atoms with Gasteiger partial charge in [-0.1, -0.05) is 11.6 Å². The lowest BCUT2D eigenvalue weighted by Crippen LogP contribution is -2.32. The number of nitrogens with one attached hydrogen (secondary N) is 1. The summed E-state index contributed by atoms with van der Waals surface area (Å²) in [6.45, 7) is 2.76. The van der Waals surface area contributed by atoms with Crippen LogP contribution < -0.4 is 5.32 Å². The molecule has 1 fully saturated rings. The summed E-state index contributed by atoms with van der Waals surface area (Å²) in [5, 5.41) is 3.99. The molecule has 1 N–H and O–H groups in total. The Kier molecular flexibility index (Phi) is 7.08. The average Bonchev–Trinajstić information content (AvgIpc) is 2.62. The Morgan fingerprint density at radius 1 is 1.37 bits per heavy atom. The lowest BCUT2D eigenvalue weighted by molar-refractivity contribution is 0.214. The number of hydrogen-bond donors (Lipinski definition) is 1. The van der Waals surface area contributed by atoms with Gasteiger partial charge >= 0.3 is 0 Å². The van der Waals surface area contributed by atoms with Gasteiger partial charge in [0.1, 0.15) is 5.82 Å². The quantitative estimate of drug-likeness (QED) is 0.920. The van der Waals surface area contributed by atoms with Crippen molar-refractivity contribution in [2.75, 3.05) is 20.1 Å². The van der Waals surface area contributed by atoms with E-state index in [4.69, 9.17) is 11.6 Å². The molecule has 2 nitrogen and oxygen atoms in total. The van der Waals surface area contributed by atoms with Crippen molar-refractivity contribution >= 4 is 24.0 Å². The number of benzene rings is 1. The van der Waals surface area contributed by atoms with E-state index in [-0.39, 0.29) is 18.2 Å². The van der Waals surface area contributed by atoms with Gasteiger partial charge in [0.2, 0.25) is 0 Å². The first-order chi connectivity index (χ1) is 8.66. The molecule has 0 saturated carbocycles. The largest absolute Gasteiger partial charge is 0.317 e. The highest BCUT2D eigenvalue weighted by Crippen LogP contribution is 2.19. The van der Waals surface area contributed by atoms with Crippen LogP contribution in [0, 0.1) is 5.82 Å². The Morgan fingerprint density at radius 2 is 2.16 bits per heavy atom. The second-order valence-corrected chi connectivity index (χ2v) is 5.42. The van der Waals surface area contributed by atoms with E-state index >= 15 is 0 Å². The first-order valence-corrected chi connectivity index (χ1v) is 6.89. The number of hydrogen-bond acceptors (Lipinski definition) is 2. The van der Waals surface area contributed by atoms with Crippen LogP contribution >= 0.6 is 24.0 Å². The van der Waals surface area contributed by atoms with E-state index in [1.807, 2.05) is 0 Å². The van der Waals surface area contributed by atoms with E-state index in [9.17, 15) is 4.39 Å². The molecule has 108 valence electrons. The fourth-order valence-electron chi connectivity index (χ4n) is 2.50. The van der Waals surface area contributed by atoms with Gasteiger partial charge in [0.15, 0.2) is 0 Å². The minimum atomic E-state index is -0.169. The standard InChI is InChI=1S/C14H20ClFN2.ClH/c1-18(13-3-2-7-17-8-6-13)10-11-9-12(15)4-5-14(11)16;/h4-5,9,13,17H,2-3,6-8,10H2,1H3;1H.